The number of carbonyl (C=O) groups is 2. The van der Waals surface area contributed by atoms with Crippen molar-refractivity contribution in [2.24, 2.45) is 5.41 Å². The van der Waals surface area contributed by atoms with Gasteiger partial charge in [0, 0.05) is 0 Å². The van der Waals surface area contributed by atoms with Gasteiger partial charge in [0.2, 0.25) is 0 Å². The van der Waals surface area contributed by atoms with Gasteiger partial charge in [-0.3, -0.25) is 4.79 Å². The molecule has 0 aromatic heterocycles. The van der Waals surface area contributed by atoms with E-state index in [9.17, 15) is 14.7 Å². The molecule has 0 amide bonds. The van der Waals surface area contributed by atoms with E-state index >= 15 is 0 Å². The summed E-state index contributed by atoms with van der Waals surface area (Å²) in [5.74, 6) is -0.478. The Bertz CT molecular complexity index is 766. The van der Waals surface area contributed by atoms with Crippen LogP contribution in [0.5, 0.6) is 5.75 Å². The molecule has 186 valence electrons. The van der Waals surface area contributed by atoms with E-state index in [1.807, 2.05) is 0 Å². The lowest BCUT2D eigenvalue weighted by molar-refractivity contribution is -0.163. The maximum atomic E-state index is 12.5. The second-order valence-electron chi connectivity index (χ2n) is 10.1. The van der Waals surface area contributed by atoms with Gasteiger partial charge < -0.3 is 19.3 Å². The summed E-state index contributed by atoms with van der Waals surface area (Å²) in [6.45, 7) is 7.25. The number of fused-ring (bicyclic) bond motifs is 1. The van der Waals surface area contributed by atoms with E-state index < -0.39 is 29.6 Å². The molecular weight excluding hydrogens is 420 g/mol. The molecule has 0 spiro atoms. The molecule has 33 heavy (non-hydrogen) atoms. The fourth-order valence-electron chi connectivity index (χ4n) is 4.00. The van der Waals surface area contributed by atoms with Crippen LogP contribution in [-0.2, 0) is 19.9 Å². The SMILES string of the molecule is CCCCCCCCCCCCOc1cccc2c1[C@@](CO)(COC(=O)C(C)(C)C)OC2=O. The smallest absolute Gasteiger partial charge is 0.339 e. The van der Waals surface area contributed by atoms with Gasteiger partial charge in [-0.1, -0.05) is 70.8 Å². The standard InChI is InChI=1S/C27H42O6/c1-5-6-7-8-9-10-11-12-13-14-18-31-22-17-15-16-21-23(22)27(19-28,33-24(21)29)20-32-25(30)26(2,3)4/h15-17,28H,5-14,18-20H2,1-4H3/t27-/m1/s1. The molecule has 2 rings (SSSR count). The molecule has 1 atom stereocenters. The Morgan fingerprint density at radius 1 is 1.00 bits per heavy atom. The third-order valence-corrected chi connectivity index (χ3v) is 6.05. The number of rotatable bonds is 15. The highest BCUT2D eigenvalue weighted by Crippen LogP contribution is 2.42. The summed E-state index contributed by atoms with van der Waals surface area (Å²) >= 11 is 0. The van der Waals surface area contributed by atoms with Gasteiger partial charge in [-0.2, -0.15) is 0 Å². The van der Waals surface area contributed by atoms with Crippen molar-refractivity contribution < 1.29 is 28.9 Å². The van der Waals surface area contributed by atoms with E-state index in [1.165, 1.54) is 51.4 Å². The lowest BCUT2D eigenvalue weighted by Gasteiger charge is -2.29. The molecule has 1 aromatic rings. The van der Waals surface area contributed by atoms with Gasteiger partial charge in [-0.25, -0.2) is 4.79 Å². The maximum absolute atomic E-state index is 12.5. The van der Waals surface area contributed by atoms with Crippen LogP contribution < -0.4 is 4.74 Å². The summed E-state index contributed by atoms with van der Waals surface area (Å²) in [5.41, 5.74) is -1.34. The van der Waals surface area contributed by atoms with Crippen molar-refractivity contribution >= 4 is 11.9 Å². The van der Waals surface area contributed by atoms with Crippen molar-refractivity contribution in [3.63, 3.8) is 0 Å². The fraction of sp³-hybridized carbons (Fsp3) is 0.704. The molecule has 1 aliphatic heterocycles. The zero-order valence-electron chi connectivity index (χ0n) is 20.9. The molecule has 0 unspecified atom stereocenters. The average molecular weight is 463 g/mol. The highest BCUT2D eigenvalue weighted by atomic mass is 16.6. The topological polar surface area (TPSA) is 82.1 Å². The summed E-state index contributed by atoms with van der Waals surface area (Å²) in [7, 11) is 0. The van der Waals surface area contributed by atoms with Crippen molar-refractivity contribution in [1.29, 1.82) is 0 Å². The molecule has 0 aliphatic carbocycles. The lowest BCUT2D eigenvalue weighted by Crippen LogP contribution is -2.39. The Morgan fingerprint density at radius 2 is 1.61 bits per heavy atom. The highest BCUT2D eigenvalue weighted by Gasteiger charge is 2.49. The summed E-state index contributed by atoms with van der Waals surface area (Å²) in [5, 5.41) is 10.2. The van der Waals surface area contributed by atoms with Crippen molar-refractivity contribution in [1.82, 2.24) is 0 Å². The van der Waals surface area contributed by atoms with Crippen LogP contribution in [0.3, 0.4) is 0 Å². The first-order valence-corrected chi connectivity index (χ1v) is 12.5. The largest absolute Gasteiger partial charge is 0.493 e. The molecule has 6 nitrogen and oxygen atoms in total. The van der Waals surface area contributed by atoms with Crippen LogP contribution in [-0.4, -0.2) is 36.9 Å². The first kappa shape index (κ1) is 27.2. The summed E-state index contributed by atoms with van der Waals surface area (Å²) in [4.78, 5) is 24.7. The second kappa shape index (κ2) is 13.0. The van der Waals surface area contributed by atoms with Gasteiger partial charge in [-0.15, -0.1) is 0 Å². The minimum atomic E-state index is -1.44. The third kappa shape index (κ3) is 7.73. The minimum absolute atomic E-state index is 0.253. The molecule has 0 saturated carbocycles. The van der Waals surface area contributed by atoms with E-state index in [1.54, 1.807) is 39.0 Å². The van der Waals surface area contributed by atoms with Crippen molar-refractivity contribution in [2.45, 2.75) is 97.5 Å². The predicted octanol–water partition coefficient (Wildman–Crippen LogP) is 5.93. The normalized spacial score (nSPS) is 17.5. The number of aliphatic hydroxyl groups excluding tert-OH is 1. The van der Waals surface area contributed by atoms with Crippen LogP contribution in [0.4, 0.5) is 0 Å². The van der Waals surface area contributed by atoms with Crippen LogP contribution >= 0.6 is 0 Å². The van der Waals surface area contributed by atoms with E-state index in [0.717, 1.165) is 12.8 Å². The zero-order valence-corrected chi connectivity index (χ0v) is 20.9. The maximum Gasteiger partial charge on any atom is 0.339 e. The van der Waals surface area contributed by atoms with E-state index in [4.69, 9.17) is 14.2 Å². The molecule has 0 bridgehead atoms. The summed E-state index contributed by atoms with van der Waals surface area (Å²) in [6.07, 6.45) is 12.4. The van der Waals surface area contributed by atoms with Crippen molar-refractivity contribution in [3.8, 4) is 5.75 Å². The number of aliphatic hydroxyl groups is 1. The molecule has 6 heteroatoms. The number of benzene rings is 1. The lowest BCUT2D eigenvalue weighted by atomic mass is 9.92. The number of hydrogen-bond acceptors (Lipinski definition) is 6. The van der Waals surface area contributed by atoms with Crippen molar-refractivity contribution in [3.05, 3.63) is 29.3 Å². The molecule has 1 aromatic carbocycles. The van der Waals surface area contributed by atoms with Crippen LogP contribution in [0, 0.1) is 5.41 Å². The minimum Gasteiger partial charge on any atom is -0.493 e. The quantitative estimate of drug-likeness (QED) is 0.257. The zero-order chi connectivity index (χ0) is 24.3. The van der Waals surface area contributed by atoms with E-state index in [0.29, 0.717) is 23.5 Å². The first-order chi connectivity index (χ1) is 15.7. The third-order valence-electron chi connectivity index (χ3n) is 6.05. The predicted molar refractivity (Wildman–Crippen MR) is 128 cm³/mol. The van der Waals surface area contributed by atoms with Gasteiger partial charge in [0.15, 0.2) is 5.60 Å². The molecule has 1 N–H and O–H groups in total. The Kier molecular flexibility index (Phi) is 10.7. The monoisotopic (exact) mass is 462 g/mol. The molecular formula is C27H42O6. The first-order valence-electron chi connectivity index (χ1n) is 12.5. The highest BCUT2D eigenvalue weighted by molar-refractivity contribution is 5.96. The molecule has 0 saturated heterocycles. The van der Waals surface area contributed by atoms with E-state index in [-0.39, 0.29) is 6.61 Å². The number of ether oxygens (including phenoxy) is 3. The van der Waals surface area contributed by atoms with Crippen LogP contribution in [0.25, 0.3) is 0 Å². The van der Waals surface area contributed by atoms with Gasteiger partial charge >= 0.3 is 11.9 Å². The molecule has 0 fully saturated rings. The average Bonchev–Trinajstić information content (AvgIpc) is 3.08. The Hall–Kier alpha value is -2.08. The number of hydrogen-bond donors (Lipinski definition) is 1. The second-order valence-corrected chi connectivity index (χ2v) is 10.1. The summed E-state index contributed by atoms with van der Waals surface area (Å²) < 4.78 is 17.0. The number of unbranched alkanes of at least 4 members (excludes halogenated alkanes) is 9. The van der Waals surface area contributed by atoms with Crippen molar-refractivity contribution in [2.75, 3.05) is 19.8 Å². The summed E-state index contributed by atoms with van der Waals surface area (Å²) in [6, 6.07) is 5.16. The van der Waals surface area contributed by atoms with Gasteiger partial charge in [0.05, 0.1) is 29.8 Å². The van der Waals surface area contributed by atoms with Crippen LogP contribution in [0.1, 0.15) is 108 Å². The number of carbonyl (C=O) groups excluding carboxylic acids is 2. The molecule has 1 heterocycles. The van der Waals surface area contributed by atoms with Gasteiger partial charge in [0.25, 0.3) is 0 Å². The van der Waals surface area contributed by atoms with E-state index in [2.05, 4.69) is 6.92 Å². The number of cyclic esters (lactones) is 1. The Morgan fingerprint density at radius 3 is 2.18 bits per heavy atom. The van der Waals surface area contributed by atoms with Crippen LogP contribution in [0.2, 0.25) is 0 Å². The Balaban J connectivity index is 1.89. The Labute approximate surface area is 199 Å². The molecule has 1 aliphatic rings. The number of esters is 2. The molecule has 0 radical (unpaired) electrons. The fourth-order valence-corrected chi connectivity index (χ4v) is 4.00. The van der Waals surface area contributed by atoms with Crippen LogP contribution in [0.15, 0.2) is 18.2 Å². The van der Waals surface area contributed by atoms with Gasteiger partial charge in [-0.05, 0) is 39.3 Å². The van der Waals surface area contributed by atoms with Gasteiger partial charge in [0.1, 0.15) is 12.4 Å².